The molecule has 0 atom stereocenters. The van der Waals surface area contributed by atoms with Gasteiger partial charge in [-0.15, -0.1) is 0 Å². The van der Waals surface area contributed by atoms with Crippen molar-refractivity contribution in [2.75, 3.05) is 5.32 Å². The summed E-state index contributed by atoms with van der Waals surface area (Å²) in [6.07, 6.45) is 6.24. The highest BCUT2D eigenvalue weighted by Gasteiger charge is 2.20. The Morgan fingerprint density at radius 1 is 1.26 bits per heavy atom. The lowest BCUT2D eigenvalue weighted by Gasteiger charge is -2.14. The number of hydrogen-bond donors (Lipinski definition) is 1. The van der Waals surface area contributed by atoms with Crippen LogP contribution >= 0.6 is 0 Å². The van der Waals surface area contributed by atoms with Gasteiger partial charge in [-0.3, -0.25) is 4.79 Å². The molecule has 100 valence electrons. The SMILES string of the molecule is N#Cc1ccc(NC(=O)C2CCCCCC2)c(F)c1. The maximum Gasteiger partial charge on any atom is 0.227 e. The molecule has 1 amide bonds. The van der Waals surface area contributed by atoms with Gasteiger partial charge in [-0.2, -0.15) is 5.26 Å². The topological polar surface area (TPSA) is 52.9 Å². The smallest absolute Gasteiger partial charge is 0.227 e. The van der Waals surface area contributed by atoms with Gasteiger partial charge in [-0.25, -0.2) is 4.39 Å². The third-order valence-corrected chi connectivity index (χ3v) is 3.58. The molecular weight excluding hydrogens is 243 g/mol. The molecule has 0 heterocycles. The Hall–Kier alpha value is -1.89. The largest absolute Gasteiger partial charge is 0.323 e. The molecule has 4 heteroatoms. The molecule has 2 rings (SSSR count). The third kappa shape index (κ3) is 3.54. The van der Waals surface area contributed by atoms with E-state index in [-0.39, 0.29) is 23.1 Å². The van der Waals surface area contributed by atoms with Crippen molar-refractivity contribution in [2.45, 2.75) is 38.5 Å². The van der Waals surface area contributed by atoms with Crippen LogP contribution in [-0.4, -0.2) is 5.91 Å². The van der Waals surface area contributed by atoms with Crippen molar-refractivity contribution < 1.29 is 9.18 Å². The Kier molecular flexibility index (Phi) is 4.51. The summed E-state index contributed by atoms with van der Waals surface area (Å²) in [5.74, 6) is -0.677. The van der Waals surface area contributed by atoms with Crippen LogP contribution in [0.5, 0.6) is 0 Å². The standard InChI is InChI=1S/C15H17FN2O/c16-13-9-11(10-17)7-8-14(13)18-15(19)12-5-3-1-2-4-6-12/h7-9,12H,1-6H2,(H,18,19). The molecular formula is C15H17FN2O. The highest BCUT2D eigenvalue weighted by atomic mass is 19.1. The second-order valence-electron chi connectivity index (χ2n) is 4.98. The fourth-order valence-corrected chi connectivity index (χ4v) is 2.46. The Morgan fingerprint density at radius 2 is 1.95 bits per heavy atom. The third-order valence-electron chi connectivity index (χ3n) is 3.58. The number of nitrogens with zero attached hydrogens (tertiary/aromatic N) is 1. The van der Waals surface area contributed by atoms with Gasteiger partial charge in [0.1, 0.15) is 5.82 Å². The van der Waals surface area contributed by atoms with Gasteiger partial charge in [-0.1, -0.05) is 25.7 Å². The number of nitriles is 1. The first-order valence-electron chi connectivity index (χ1n) is 6.71. The Labute approximate surface area is 112 Å². The minimum atomic E-state index is -0.555. The van der Waals surface area contributed by atoms with Crippen LogP contribution in [0.25, 0.3) is 0 Å². The summed E-state index contributed by atoms with van der Waals surface area (Å²) in [5.41, 5.74) is 0.415. The first-order valence-corrected chi connectivity index (χ1v) is 6.71. The molecule has 3 nitrogen and oxygen atoms in total. The average Bonchev–Trinajstić information content (AvgIpc) is 2.70. The van der Waals surface area contributed by atoms with Crippen molar-refractivity contribution in [1.29, 1.82) is 5.26 Å². The highest BCUT2D eigenvalue weighted by molar-refractivity contribution is 5.92. The van der Waals surface area contributed by atoms with E-state index in [9.17, 15) is 9.18 Å². The molecule has 19 heavy (non-hydrogen) atoms. The van der Waals surface area contributed by atoms with Gasteiger partial charge in [0.05, 0.1) is 17.3 Å². The van der Waals surface area contributed by atoms with Crippen molar-refractivity contribution in [3.63, 3.8) is 0 Å². The van der Waals surface area contributed by atoms with Gasteiger partial charge < -0.3 is 5.32 Å². The summed E-state index contributed by atoms with van der Waals surface area (Å²) in [5, 5.41) is 11.3. The molecule has 0 bridgehead atoms. The molecule has 1 aromatic carbocycles. The van der Waals surface area contributed by atoms with Crippen molar-refractivity contribution in [1.82, 2.24) is 0 Å². The normalized spacial score (nSPS) is 16.4. The first-order chi connectivity index (χ1) is 9.20. The van der Waals surface area contributed by atoms with Gasteiger partial charge in [0.25, 0.3) is 0 Å². The highest BCUT2D eigenvalue weighted by Crippen LogP contribution is 2.25. The number of amides is 1. The van der Waals surface area contributed by atoms with E-state index in [0.29, 0.717) is 0 Å². The van der Waals surface area contributed by atoms with Crippen molar-refractivity contribution in [3.8, 4) is 6.07 Å². The number of carbonyl (C=O) groups excluding carboxylic acids is 1. The maximum atomic E-state index is 13.7. The number of rotatable bonds is 2. The fourth-order valence-electron chi connectivity index (χ4n) is 2.46. The lowest BCUT2D eigenvalue weighted by molar-refractivity contribution is -0.120. The van der Waals surface area contributed by atoms with Crippen LogP contribution in [0.3, 0.4) is 0 Å². The van der Waals surface area contributed by atoms with Crippen LogP contribution in [0.2, 0.25) is 0 Å². The number of carbonyl (C=O) groups is 1. The van der Waals surface area contributed by atoms with E-state index in [4.69, 9.17) is 5.26 Å². The molecule has 0 unspecified atom stereocenters. The van der Waals surface area contributed by atoms with Gasteiger partial charge in [0.15, 0.2) is 0 Å². The minimum Gasteiger partial charge on any atom is -0.323 e. The average molecular weight is 260 g/mol. The second kappa shape index (κ2) is 6.33. The zero-order valence-corrected chi connectivity index (χ0v) is 10.8. The lowest BCUT2D eigenvalue weighted by atomic mass is 9.99. The minimum absolute atomic E-state index is 0.0162. The van der Waals surface area contributed by atoms with E-state index in [1.807, 2.05) is 6.07 Å². The number of anilines is 1. The number of benzene rings is 1. The van der Waals surface area contributed by atoms with E-state index >= 15 is 0 Å². The van der Waals surface area contributed by atoms with Crippen LogP contribution in [0.4, 0.5) is 10.1 Å². The number of hydrogen-bond acceptors (Lipinski definition) is 2. The summed E-state index contributed by atoms with van der Waals surface area (Å²) in [6, 6.07) is 5.96. The Morgan fingerprint density at radius 3 is 2.53 bits per heavy atom. The van der Waals surface area contributed by atoms with E-state index in [1.165, 1.54) is 25.0 Å². The molecule has 1 saturated carbocycles. The maximum absolute atomic E-state index is 13.7. The summed E-state index contributed by atoms with van der Waals surface area (Å²) in [7, 11) is 0. The van der Waals surface area contributed by atoms with Gasteiger partial charge in [-0.05, 0) is 31.0 Å². The number of halogens is 1. The quantitative estimate of drug-likeness (QED) is 0.826. The van der Waals surface area contributed by atoms with Gasteiger partial charge in [0, 0.05) is 5.92 Å². The second-order valence-corrected chi connectivity index (χ2v) is 4.98. The van der Waals surface area contributed by atoms with E-state index in [2.05, 4.69) is 5.32 Å². The first kappa shape index (κ1) is 13.5. The van der Waals surface area contributed by atoms with Crippen LogP contribution in [-0.2, 0) is 4.79 Å². The van der Waals surface area contributed by atoms with Gasteiger partial charge in [0.2, 0.25) is 5.91 Å². The molecule has 0 aromatic heterocycles. The Balaban J connectivity index is 2.04. The molecule has 1 aromatic rings. The molecule has 1 N–H and O–H groups in total. The van der Waals surface area contributed by atoms with Crippen molar-refractivity contribution in [2.24, 2.45) is 5.92 Å². The van der Waals surface area contributed by atoms with E-state index in [1.54, 1.807) is 0 Å². The summed E-state index contributed by atoms with van der Waals surface area (Å²) < 4.78 is 13.7. The summed E-state index contributed by atoms with van der Waals surface area (Å²) in [6.45, 7) is 0. The molecule has 0 saturated heterocycles. The predicted molar refractivity (Wildman–Crippen MR) is 70.9 cm³/mol. The molecule has 1 fully saturated rings. The lowest BCUT2D eigenvalue weighted by Crippen LogP contribution is -2.22. The van der Waals surface area contributed by atoms with Crippen LogP contribution < -0.4 is 5.32 Å². The van der Waals surface area contributed by atoms with Crippen LogP contribution in [0.15, 0.2) is 18.2 Å². The molecule has 1 aliphatic carbocycles. The monoisotopic (exact) mass is 260 g/mol. The fraction of sp³-hybridized carbons (Fsp3) is 0.467. The van der Waals surface area contributed by atoms with Gasteiger partial charge >= 0.3 is 0 Å². The zero-order chi connectivity index (χ0) is 13.7. The Bertz CT molecular complexity index is 499. The van der Waals surface area contributed by atoms with Crippen molar-refractivity contribution >= 4 is 11.6 Å². The van der Waals surface area contributed by atoms with Crippen molar-refractivity contribution in [3.05, 3.63) is 29.6 Å². The molecule has 0 aliphatic heterocycles. The summed E-state index contributed by atoms with van der Waals surface area (Å²) in [4.78, 5) is 12.1. The van der Waals surface area contributed by atoms with E-state index in [0.717, 1.165) is 31.7 Å². The molecule has 0 radical (unpaired) electrons. The molecule has 0 spiro atoms. The van der Waals surface area contributed by atoms with Crippen LogP contribution in [0, 0.1) is 23.1 Å². The predicted octanol–water partition coefficient (Wildman–Crippen LogP) is 3.61. The zero-order valence-electron chi connectivity index (χ0n) is 10.8. The van der Waals surface area contributed by atoms with E-state index < -0.39 is 5.82 Å². The summed E-state index contributed by atoms with van der Waals surface area (Å²) >= 11 is 0. The molecule has 1 aliphatic rings. The van der Waals surface area contributed by atoms with Crippen LogP contribution in [0.1, 0.15) is 44.1 Å². The number of nitrogens with one attached hydrogen (secondary N) is 1.